The number of ether oxygens (including phenoxy) is 1. The number of fused-ring (bicyclic) bond motifs is 1. The van der Waals surface area contributed by atoms with Crippen LogP contribution in [0.4, 0.5) is 10.2 Å². The van der Waals surface area contributed by atoms with E-state index in [1.807, 2.05) is 36.4 Å². The molecule has 0 saturated carbocycles. The first kappa shape index (κ1) is 23.9. The highest BCUT2D eigenvalue weighted by Gasteiger charge is 2.24. The highest BCUT2D eigenvalue weighted by atomic mass is 35.5. The molecule has 1 N–H and O–H groups in total. The van der Waals surface area contributed by atoms with Crippen molar-refractivity contribution in [3.8, 4) is 11.6 Å². The second kappa shape index (κ2) is 10.4. The van der Waals surface area contributed by atoms with Crippen LogP contribution in [0.3, 0.4) is 0 Å². The van der Waals surface area contributed by atoms with Crippen molar-refractivity contribution in [3.05, 3.63) is 77.4 Å². The Morgan fingerprint density at radius 2 is 1.82 bits per heavy atom. The molecule has 0 unspecified atom stereocenters. The molecule has 1 aromatic heterocycles. The zero-order chi connectivity index (χ0) is 22.8. The van der Waals surface area contributed by atoms with Gasteiger partial charge in [-0.1, -0.05) is 24.3 Å². The minimum atomic E-state index is -0.210. The lowest BCUT2D eigenvalue weighted by Crippen LogP contribution is -2.47. The van der Waals surface area contributed by atoms with Gasteiger partial charge in [0.1, 0.15) is 23.7 Å². The molecule has 1 atom stereocenters. The van der Waals surface area contributed by atoms with E-state index in [0.29, 0.717) is 24.6 Å². The maximum absolute atomic E-state index is 13.2. The molecule has 0 radical (unpaired) electrons. The number of hydrogen-bond acceptors (Lipinski definition) is 6. The van der Waals surface area contributed by atoms with Gasteiger partial charge >= 0.3 is 0 Å². The summed E-state index contributed by atoms with van der Waals surface area (Å²) < 4.78 is 19.3. The summed E-state index contributed by atoms with van der Waals surface area (Å²) in [5, 5.41) is 2.87. The number of hydrogen-bond donors (Lipinski definition) is 1. The van der Waals surface area contributed by atoms with Crippen LogP contribution in [0.15, 0.2) is 54.9 Å². The van der Waals surface area contributed by atoms with Crippen LogP contribution in [0.25, 0.3) is 0 Å². The van der Waals surface area contributed by atoms with E-state index in [4.69, 9.17) is 4.74 Å². The Morgan fingerprint density at radius 1 is 1.06 bits per heavy atom. The Bertz CT molecular complexity index is 1150. The van der Waals surface area contributed by atoms with Gasteiger partial charge in [-0.25, -0.2) is 14.4 Å². The van der Waals surface area contributed by atoms with Gasteiger partial charge in [0, 0.05) is 50.4 Å². The quantitative estimate of drug-likeness (QED) is 0.594. The van der Waals surface area contributed by atoms with Crippen LogP contribution in [0.1, 0.15) is 29.7 Å². The summed E-state index contributed by atoms with van der Waals surface area (Å²) in [5.74, 6) is 1.82. The summed E-state index contributed by atoms with van der Waals surface area (Å²) in [6.07, 6.45) is 1.89. The summed E-state index contributed by atoms with van der Waals surface area (Å²) in [7, 11) is 0. The van der Waals surface area contributed by atoms with Gasteiger partial charge in [0.2, 0.25) is 11.8 Å². The van der Waals surface area contributed by atoms with Crippen LogP contribution in [-0.4, -0.2) is 47.0 Å². The lowest BCUT2D eigenvalue weighted by atomic mass is 10.00. The Kier molecular flexibility index (Phi) is 7.29. The Hall–Kier alpha value is -3.23. The number of halogens is 2. The molecule has 1 amide bonds. The van der Waals surface area contributed by atoms with Crippen molar-refractivity contribution >= 4 is 24.1 Å². The number of nitrogens with one attached hydrogen (secondary N) is 1. The molecule has 1 saturated heterocycles. The second-order valence-corrected chi connectivity index (χ2v) is 8.41. The van der Waals surface area contributed by atoms with Crippen LogP contribution < -0.4 is 15.0 Å². The fraction of sp³-hybridized carbons (Fsp3) is 0.320. The van der Waals surface area contributed by atoms with Gasteiger partial charge in [-0.3, -0.25) is 9.69 Å². The molecule has 0 spiro atoms. The summed E-state index contributed by atoms with van der Waals surface area (Å²) in [6, 6.07) is 14.6. The van der Waals surface area contributed by atoms with E-state index in [1.54, 1.807) is 0 Å². The molecule has 2 aliphatic heterocycles. The van der Waals surface area contributed by atoms with E-state index < -0.39 is 0 Å². The molecular formula is C25H27ClFN5O2. The second-order valence-electron chi connectivity index (χ2n) is 8.41. The first-order valence-corrected chi connectivity index (χ1v) is 11.2. The SMILES string of the molecule is C[C@@H](c1ccc(F)cc1)N1CCN(c2cc(Oc3cccc4c3CNC(=O)C4)ncn2)CC1.Cl. The summed E-state index contributed by atoms with van der Waals surface area (Å²) in [4.78, 5) is 25.1. The number of aromatic nitrogens is 2. The maximum Gasteiger partial charge on any atom is 0.224 e. The molecule has 0 aliphatic carbocycles. The van der Waals surface area contributed by atoms with Crippen LogP contribution in [0, 0.1) is 5.82 Å². The largest absolute Gasteiger partial charge is 0.438 e. The molecular weight excluding hydrogens is 457 g/mol. The van der Waals surface area contributed by atoms with Gasteiger partial charge in [-0.2, -0.15) is 0 Å². The van der Waals surface area contributed by atoms with E-state index in [9.17, 15) is 9.18 Å². The maximum atomic E-state index is 13.2. The first-order valence-electron chi connectivity index (χ1n) is 11.2. The summed E-state index contributed by atoms with van der Waals surface area (Å²) in [5.41, 5.74) is 3.09. The molecule has 9 heteroatoms. The molecule has 178 valence electrons. The summed E-state index contributed by atoms with van der Waals surface area (Å²) >= 11 is 0. The summed E-state index contributed by atoms with van der Waals surface area (Å²) in [6.45, 7) is 6.03. The molecule has 34 heavy (non-hydrogen) atoms. The number of anilines is 1. The van der Waals surface area contributed by atoms with Crippen molar-refractivity contribution in [2.24, 2.45) is 0 Å². The average molecular weight is 484 g/mol. The standard InChI is InChI=1S/C25H26FN5O2.ClH/c1-17(18-5-7-20(26)8-6-18)30-9-11-31(12-10-30)23-14-25(29-16-28-23)33-22-4-2-3-19-13-24(32)27-15-21(19)22;/h2-8,14,16-17H,9-13,15H2,1H3,(H,27,32);1H/t17-;/m0./s1. The van der Waals surface area contributed by atoms with E-state index in [0.717, 1.165) is 48.7 Å². The van der Waals surface area contributed by atoms with E-state index >= 15 is 0 Å². The number of benzene rings is 2. The minimum absolute atomic E-state index is 0. The third kappa shape index (κ3) is 5.13. The van der Waals surface area contributed by atoms with Gasteiger partial charge in [0.05, 0.1) is 6.42 Å². The lowest BCUT2D eigenvalue weighted by molar-refractivity contribution is -0.121. The molecule has 2 aliphatic rings. The zero-order valence-electron chi connectivity index (χ0n) is 18.9. The van der Waals surface area contributed by atoms with Gasteiger partial charge in [0.15, 0.2) is 0 Å². The fourth-order valence-electron chi connectivity index (χ4n) is 4.46. The average Bonchev–Trinajstić information content (AvgIpc) is 2.84. The fourth-order valence-corrected chi connectivity index (χ4v) is 4.46. The lowest BCUT2D eigenvalue weighted by Gasteiger charge is -2.38. The van der Waals surface area contributed by atoms with E-state index in [-0.39, 0.29) is 30.2 Å². The molecule has 3 heterocycles. The van der Waals surface area contributed by atoms with E-state index in [2.05, 4.69) is 32.0 Å². The van der Waals surface area contributed by atoms with Crippen LogP contribution in [-0.2, 0) is 17.8 Å². The smallest absolute Gasteiger partial charge is 0.224 e. The number of nitrogens with zero attached hydrogens (tertiary/aromatic N) is 4. The third-order valence-electron chi connectivity index (χ3n) is 6.42. The minimum Gasteiger partial charge on any atom is -0.438 e. The first-order chi connectivity index (χ1) is 16.1. The third-order valence-corrected chi connectivity index (χ3v) is 6.42. The van der Waals surface area contributed by atoms with Crippen LogP contribution in [0.2, 0.25) is 0 Å². The molecule has 3 aromatic rings. The normalized spacial score (nSPS) is 16.8. The van der Waals surface area contributed by atoms with Crippen LogP contribution in [0.5, 0.6) is 11.6 Å². The number of amides is 1. The van der Waals surface area contributed by atoms with Gasteiger partial charge in [-0.15, -0.1) is 12.4 Å². The van der Waals surface area contributed by atoms with Gasteiger partial charge < -0.3 is 15.0 Å². The van der Waals surface area contributed by atoms with Crippen molar-refractivity contribution in [1.82, 2.24) is 20.2 Å². The van der Waals surface area contributed by atoms with Crippen molar-refractivity contribution in [1.29, 1.82) is 0 Å². The molecule has 1 fully saturated rings. The van der Waals surface area contributed by atoms with Crippen molar-refractivity contribution in [2.75, 3.05) is 31.1 Å². The van der Waals surface area contributed by atoms with Gasteiger partial charge in [0.25, 0.3) is 0 Å². The topological polar surface area (TPSA) is 70.6 Å². The highest BCUT2D eigenvalue weighted by molar-refractivity contribution is 5.85. The van der Waals surface area contributed by atoms with Crippen LogP contribution >= 0.6 is 12.4 Å². The molecule has 0 bridgehead atoms. The Balaban J connectivity index is 0.00000274. The number of rotatable bonds is 5. The Morgan fingerprint density at radius 3 is 2.59 bits per heavy atom. The monoisotopic (exact) mass is 483 g/mol. The highest BCUT2D eigenvalue weighted by Crippen LogP contribution is 2.30. The predicted octanol–water partition coefficient (Wildman–Crippen LogP) is 3.89. The predicted molar refractivity (Wildman–Crippen MR) is 130 cm³/mol. The molecule has 7 nitrogen and oxygen atoms in total. The number of carbonyl (C=O) groups is 1. The molecule has 2 aromatic carbocycles. The van der Waals surface area contributed by atoms with E-state index in [1.165, 1.54) is 18.5 Å². The van der Waals surface area contributed by atoms with Crippen molar-refractivity contribution in [2.45, 2.75) is 25.9 Å². The van der Waals surface area contributed by atoms with Crippen molar-refractivity contribution < 1.29 is 13.9 Å². The number of piperazine rings is 1. The zero-order valence-corrected chi connectivity index (χ0v) is 19.7. The van der Waals surface area contributed by atoms with Gasteiger partial charge in [-0.05, 0) is 36.2 Å². The van der Waals surface area contributed by atoms with Crippen molar-refractivity contribution in [3.63, 3.8) is 0 Å². The Labute approximate surface area is 204 Å². The number of carbonyl (C=O) groups excluding carboxylic acids is 1. The molecule has 5 rings (SSSR count).